The highest BCUT2D eigenvalue weighted by atomic mass is 35.5. The van der Waals surface area contributed by atoms with Gasteiger partial charge in [0.1, 0.15) is 0 Å². The third-order valence-electron chi connectivity index (χ3n) is 5.80. The van der Waals surface area contributed by atoms with Crippen molar-refractivity contribution in [1.82, 2.24) is 20.0 Å². The van der Waals surface area contributed by atoms with Crippen molar-refractivity contribution in [3.8, 4) is 0 Å². The number of piperazine rings is 1. The first kappa shape index (κ1) is 19.0. The van der Waals surface area contributed by atoms with Gasteiger partial charge in [-0.1, -0.05) is 0 Å². The molecule has 0 bridgehead atoms. The highest BCUT2D eigenvalue weighted by Crippen LogP contribution is 2.23. The number of halogens is 1. The number of carbonyl (C=O) groups excluding carboxylic acids is 1. The van der Waals surface area contributed by atoms with Crippen LogP contribution in [0.2, 0.25) is 0 Å². The topological polar surface area (TPSA) is 38.8 Å². The van der Waals surface area contributed by atoms with Crippen molar-refractivity contribution in [1.29, 1.82) is 0 Å². The van der Waals surface area contributed by atoms with Gasteiger partial charge in [-0.2, -0.15) is 0 Å². The van der Waals surface area contributed by atoms with Gasteiger partial charge in [0, 0.05) is 50.8 Å². The van der Waals surface area contributed by atoms with Gasteiger partial charge < -0.3 is 10.2 Å². The maximum atomic E-state index is 12.7. The summed E-state index contributed by atoms with van der Waals surface area (Å²) in [6.07, 6.45) is 4.87. The molecule has 0 saturated carbocycles. The van der Waals surface area contributed by atoms with Gasteiger partial charge in [-0.15, -0.1) is 12.4 Å². The number of hydrogen-bond donors (Lipinski definition) is 1. The molecule has 1 N–H and O–H groups in total. The summed E-state index contributed by atoms with van der Waals surface area (Å²) in [7, 11) is 0. The molecule has 1 amide bonds. The minimum Gasteiger partial charge on any atom is -0.336 e. The predicted molar refractivity (Wildman–Crippen MR) is 96.2 cm³/mol. The van der Waals surface area contributed by atoms with E-state index in [9.17, 15) is 4.79 Å². The van der Waals surface area contributed by atoms with Crippen LogP contribution in [0.5, 0.6) is 0 Å². The quantitative estimate of drug-likeness (QED) is 0.834. The number of hydrogen-bond acceptors (Lipinski definition) is 4. The predicted octanol–water partition coefficient (Wildman–Crippen LogP) is 1.18. The first-order valence-electron chi connectivity index (χ1n) is 9.13. The molecule has 23 heavy (non-hydrogen) atoms. The Bertz CT molecular complexity index is 371. The van der Waals surface area contributed by atoms with Crippen molar-refractivity contribution < 1.29 is 4.79 Å². The van der Waals surface area contributed by atoms with Crippen LogP contribution in [-0.2, 0) is 4.79 Å². The van der Waals surface area contributed by atoms with Crippen LogP contribution in [0.25, 0.3) is 0 Å². The van der Waals surface area contributed by atoms with E-state index >= 15 is 0 Å². The minimum atomic E-state index is 0. The average molecular weight is 345 g/mol. The van der Waals surface area contributed by atoms with Crippen molar-refractivity contribution in [3.63, 3.8) is 0 Å². The van der Waals surface area contributed by atoms with Crippen LogP contribution >= 0.6 is 12.4 Å². The molecule has 3 atom stereocenters. The van der Waals surface area contributed by atoms with Crippen molar-refractivity contribution in [2.45, 2.75) is 57.7 Å². The van der Waals surface area contributed by atoms with Gasteiger partial charge in [-0.25, -0.2) is 0 Å². The Morgan fingerprint density at radius 1 is 1.04 bits per heavy atom. The summed E-state index contributed by atoms with van der Waals surface area (Å²) in [5.41, 5.74) is 0. The molecule has 134 valence electrons. The number of likely N-dealkylation sites (tertiary alicyclic amines) is 1. The van der Waals surface area contributed by atoms with Crippen LogP contribution in [0.3, 0.4) is 0 Å². The fourth-order valence-electron chi connectivity index (χ4n) is 4.42. The van der Waals surface area contributed by atoms with Crippen molar-refractivity contribution >= 4 is 18.3 Å². The molecule has 3 fully saturated rings. The molecule has 3 saturated heterocycles. The number of carbonyl (C=O) groups is 1. The van der Waals surface area contributed by atoms with Gasteiger partial charge in [-0.05, 0) is 46.1 Å². The Balaban J connectivity index is 0.00000192. The maximum absolute atomic E-state index is 12.7. The summed E-state index contributed by atoms with van der Waals surface area (Å²) < 4.78 is 0. The molecule has 0 aliphatic carbocycles. The molecule has 3 heterocycles. The number of nitrogens with one attached hydrogen (secondary N) is 1. The lowest BCUT2D eigenvalue weighted by Gasteiger charge is -2.42. The first-order chi connectivity index (χ1) is 10.6. The van der Waals surface area contributed by atoms with Crippen LogP contribution in [0.15, 0.2) is 0 Å². The molecule has 0 aromatic rings. The summed E-state index contributed by atoms with van der Waals surface area (Å²) in [4.78, 5) is 19.8. The van der Waals surface area contributed by atoms with Gasteiger partial charge in [0.05, 0.1) is 6.54 Å². The summed E-state index contributed by atoms with van der Waals surface area (Å²) in [6, 6.07) is 1.56. The zero-order valence-corrected chi connectivity index (χ0v) is 15.5. The summed E-state index contributed by atoms with van der Waals surface area (Å²) >= 11 is 0. The van der Waals surface area contributed by atoms with Crippen molar-refractivity contribution in [2.24, 2.45) is 0 Å². The Morgan fingerprint density at radius 2 is 1.70 bits per heavy atom. The molecule has 3 aliphatic heterocycles. The zero-order valence-electron chi connectivity index (χ0n) is 14.7. The van der Waals surface area contributed by atoms with Crippen molar-refractivity contribution in [3.05, 3.63) is 0 Å². The van der Waals surface area contributed by atoms with Gasteiger partial charge in [0.15, 0.2) is 0 Å². The van der Waals surface area contributed by atoms with Gasteiger partial charge in [0.2, 0.25) is 5.91 Å². The van der Waals surface area contributed by atoms with E-state index in [0.717, 1.165) is 45.3 Å². The van der Waals surface area contributed by atoms with Crippen LogP contribution in [-0.4, -0.2) is 84.5 Å². The fraction of sp³-hybridized carbons (Fsp3) is 0.941. The molecule has 3 rings (SSSR count). The molecular weight excluding hydrogens is 312 g/mol. The Kier molecular flexibility index (Phi) is 7.14. The average Bonchev–Trinajstić information content (AvgIpc) is 3.02. The maximum Gasteiger partial charge on any atom is 0.237 e. The van der Waals surface area contributed by atoms with E-state index in [2.05, 4.69) is 33.9 Å². The molecule has 6 heteroatoms. The largest absolute Gasteiger partial charge is 0.336 e. The lowest BCUT2D eigenvalue weighted by atomic mass is 9.97. The monoisotopic (exact) mass is 344 g/mol. The van der Waals surface area contributed by atoms with E-state index in [1.54, 1.807) is 0 Å². The smallest absolute Gasteiger partial charge is 0.237 e. The van der Waals surface area contributed by atoms with E-state index in [1.807, 2.05) is 0 Å². The minimum absolute atomic E-state index is 0. The van der Waals surface area contributed by atoms with Crippen LogP contribution in [0, 0.1) is 0 Å². The number of nitrogens with zero attached hydrogens (tertiary/aromatic N) is 3. The lowest BCUT2D eigenvalue weighted by molar-refractivity contribution is -0.139. The van der Waals surface area contributed by atoms with Gasteiger partial charge in [-0.3, -0.25) is 14.6 Å². The van der Waals surface area contributed by atoms with E-state index in [1.165, 1.54) is 25.7 Å². The first-order valence-corrected chi connectivity index (χ1v) is 9.13. The molecular formula is C17H33ClN4O. The van der Waals surface area contributed by atoms with E-state index < -0.39 is 0 Å². The van der Waals surface area contributed by atoms with Gasteiger partial charge in [0.25, 0.3) is 0 Å². The molecule has 3 aliphatic rings. The zero-order chi connectivity index (χ0) is 15.5. The third-order valence-corrected chi connectivity index (χ3v) is 5.80. The van der Waals surface area contributed by atoms with Crippen LogP contribution < -0.4 is 5.32 Å². The second kappa shape index (κ2) is 8.65. The molecule has 0 spiro atoms. The number of rotatable bonds is 3. The summed E-state index contributed by atoms with van der Waals surface area (Å²) in [5, 5.41) is 3.45. The standard InChI is InChI=1S/C17H32N4O.ClH/c1-14-4-3-5-15(2)21(14)17(22)13-19-8-10-20(11-9-19)16-6-7-18-12-16;/h14-16,18H,3-13H2,1-2H3;1H. The number of piperidine rings is 1. The lowest BCUT2D eigenvalue weighted by Crippen LogP contribution is -2.55. The summed E-state index contributed by atoms with van der Waals surface area (Å²) in [6.45, 7) is 11.6. The Hall–Kier alpha value is -0.360. The second-order valence-electron chi connectivity index (χ2n) is 7.39. The van der Waals surface area contributed by atoms with Crippen LogP contribution in [0.4, 0.5) is 0 Å². The van der Waals surface area contributed by atoms with E-state index in [0.29, 0.717) is 24.5 Å². The third kappa shape index (κ3) is 4.59. The van der Waals surface area contributed by atoms with Crippen LogP contribution in [0.1, 0.15) is 39.5 Å². The molecule has 3 unspecified atom stereocenters. The normalized spacial score (nSPS) is 33.5. The van der Waals surface area contributed by atoms with Gasteiger partial charge >= 0.3 is 0 Å². The highest BCUT2D eigenvalue weighted by molar-refractivity contribution is 5.85. The van der Waals surface area contributed by atoms with E-state index in [4.69, 9.17) is 0 Å². The summed E-state index contributed by atoms with van der Waals surface area (Å²) in [5.74, 6) is 0.343. The fourth-order valence-corrected chi connectivity index (χ4v) is 4.42. The molecule has 5 nitrogen and oxygen atoms in total. The SMILES string of the molecule is CC1CCCC(C)N1C(=O)CN1CCN(C2CCNC2)CC1.Cl. The Labute approximate surface area is 147 Å². The van der Waals surface area contributed by atoms with Crippen molar-refractivity contribution in [2.75, 3.05) is 45.8 Å². The molecule has 0 radical (unpaired) electrons. The Morgan fingerprint density at radius 3 is 2.26 bits per heavy atom. The number of amides is 1. The van der Waals surface area contributed by atoms with E-state index in [-0.39, 0.29) is 12.4 Å². The highest BCUT2D eigenvalue weighted by Gasteiger charge is 2.31. The second-order valence-corrected chi connectivity index (χ2v) is 7.39. The molecule has 0 aromatic carbocycles. The molecule has 0 aromatic heterocycles.